The minimum atomic E-state index is -0.293. The number of imide groups is 1. The summed E-state index contributed by atoms with van der Waals surface area (Å²) in [6.45, 7) is 0. The molecule has 96 valence electrons. The Morgan fingerprint density at radius 2 is 1.84 bits per heavy atom. The Morgan fingerprint density at radius 1 is 1.26 bits per heavy atom. The third-order valence-electron chi connectivity index (χ3n) is 3.75. The molecule has 1 fully saturated rings. The van der Waals surface area contributed by atoms with Crippen LogP contribution in [0.25, 0.3) is 0 Å². The summed E-state index contributed by atoms with van der Waals surface area (Å²) >= 11 is 0. The van der Waals surface area contributed by atoms with E-state index in [1.165, 1.54) is 10.9 Å². The van der Waals surface area contributed by atoms with E-state index in [2.05, 4.69) is 5.10 Å². The molecule has 2 heterocycles. The maximum absolute atomic E-state index is 12.4. The molecule has 6 nitrogen and oxygen atoms in total. The summed E-state index contributed by atoms with van der Waals surface area (Å²) in [4.78, 5) is 25.9. The molecule has 1 aliphatic heterocycles. The van der Waals surface area contributed by atoms with E-state index in [9.17, 15) is 9.59 Å². The van der Waals surface area contributed by atoms with Gasteiger partial charge in [-0.3, -0.25) is 14.3 Å². The summed E-state index contributed by atoms with van der Waals surface area (Å²) in [6, 6.07) is 1.97. The van der Waals surface area contributed by atoms with Crippen molar-refractivity contribution in [2.24, 2.45) is 18.9 Å². The van der Waals surface area contributed by atoms with Crippen molar-refractivity contribution in [1.29, 1.82) is 5.26 Å². The number of nitrogens with zero attached hydrogens (tertiary/aromatic N) is 4. The van der Waals surface area contributed by atoms with Crippen molar-refractivity contribution < 1.29 is 9.59 Å². The number of allylic oxidation sites excluding steroid dienone is 2. The number of carbonyl (C=O) groups excluding carboxylic acids is 2. The fourth-order valence-electron chi connectivity index (χ4n) is 2.78. The monoisotopic (exact) mass is 256 g/mol. The zero-order valence-corrected chi connectivity index (χ0v) is 10.4. The van der Waals surface area contributed by atoms with Crippen molar-refractivity contribution in [3.8, 4) is 6.07 Å². The van der Waals surface area contributed by atoms with Crippen LogP contribution in [0.3, 0.4) is 0 Å². The van der Waals surface area contributed by atoms with E-state index in [0.717, 1.165) is 4.90 Å². The Kier molecular flexibility index (Phi) is 2.49. The second kappa shape index (κ2) is 4.05. The Bertz CT molecular complexity index is 612. The third kappa shape index (κ3) is 1.51. The van der Waals surface area contributed by atoms with Crippen molar-refractivity contribution in [1.82, 2.24) is 9.78 Å². The average molecular weight is 256 g/mol. The lowest BCUT2D eigenvalue weighted by Gasteiger charge is -2.14. The summed E-state index contributed by atoms with van der Waals surface area (Å²) in [6.07, 6.45) is 6.42. The molecule has 1 aromatic heterocycles. The molecule has 1 saturated heterocycles. The zero-order chi connectivity index (χ0) is 13.6. The first-order valence-corrected chi connectivity index (χ1v) is 6.10. The predicted molar refractivity (Wildman–Crippen MR) is 65.8 cm³/mol. The standard InChI is InChI=1S/C13H12N4O2/c1-16-11(8(6-14)7-15-16)17-12(18)9-4-2-3-5-10(9)13(17)19/h2-3,7,9-10H,4-5H2,1H3/t9-,10+. The Hall–Kier alpha value is -2.42. The van der Waals surface area contributed by atoms with Crippen molar-refractivity contribution in [3.05, 3.63) is 23.9 Å². The normalized spacial score (nSPS) is 25.6. The first kappa shape index (κ1) is 11.7. The second-order valence-electron chi connectivity index (χ2n) is 4.78. The SMILES string of the molecule is Cn1ncc(C#N)c1N1C(=O)[C@H]2CC=CC[C@H]2C1=O. The van der Waals surface area contributed by atoms with E-state index in [4.69, 9.17) is 5.26 Å². The molecular formula is C13H12N4O2. The molecule has 2 atom stereocenters. The van der Waals surface area contributed by atoms with Gasteiger partial charge in [0.1, 0.15) is 11.6 Å². The highest BCUT2D eigenvalue weighted by molar-refractivity contribution is 6.22. The number of anilines is 1. The van der Waals surface area contributed by atoms with Crippen LogP contribution in [0.2, 0.25) is 0 Å². The number of amides is 2. The van der Waals surface area contributed by atoms with Crippen LogP contribution in [0.5, 0.6) is 0 Å². The topological polar surface area (TPSA) is 79.0 Å². The highest BCUT2D eigenvalue weighted by atomic mass is 16.2. The van der Waals surface area contributed by atoms with Gasteiger partial charge in [0.05, 0.1) is 18.0 Å². The van der Waals surface area contributed by atoms with Crippen molar-refractivity contribution in [2.45, 2.75) is 12.8 Å². The van der Waals surface area contributed by atoms with E-state index in [1.54, 1.807) is 7.05 Å². The summed E-state index contributed by atoms with van der Waals surface area (Å²) in [7, 11) is 1.62. The summed E-state index contributed by atoms with van der Waals surface area (Å²) in [5, 5.41) is 13.0. The largest absolute Gasteiger partial charge is 0.274 e. The Labute approximate surface area is 109 Å². The molecule has 2 amide bonds. The molecule has 3 rings (SSSR count). The van der Waals surface area contributed by atoms with Gasteiger partial charge < -0.3 is 0 Å². The zero-order valence-electron chi connectivity index (χ0n) is 10.4. The fraction of sp³-hybridized carbons (Fsp3) is 0.385. The van der Waals surface area contributed by atoms with Gasteiger partial charge in [-0.1, -0.05) is 12.2 Å². The van der Waals surface area contributed by atoms with Crippen LogP contribution in [0.15, 0.2) is 18.3 Å². The van der Waals surface area contributed by atoms with Gasteiger partial charge in [0.2, 0.25) is 11.8 Å². The lowest BCUT2D eigenvalue weighted by atomic mass is 9.85. The molecule has 1 aromatic rings. The molecule has 2 aliphatic rings. The summed E-state index contributed by atoms with van der Waals surface area (Å²) in [5.74, 6) is -0.747. The van der Waals surface area contributed by atoms with Crippen LogP contribution in [-0.2, 0) is 16.6 Å². The first-order chi connectivity index (χ1) is 9.15. The number of rotatable bonds is 1. The smallest absolute Gasteiger partial charge is 0.239 e. The molecule has 0 unspecified atom stereocenters. The van der Waals surface area contributed by atoms with Crippen LogP contribution in [-0.4, -0.2) is 21.6 Å². The van der Waals surface area contributed by atoms with Crippen LogP contribution in [0.4, 0.5) is 5.82 Å². The summed E-state index contributed by atoms with van der Waals surface area (Å²) < 4.78 is 1.40. The molecule has 0 saturated carbocycles. The highest BCUT2D eigenvalue weighted by Gasteiger charge is 2.49. The number of carbonyl (C=O) groups is 2. The van der Waals surface area contributed by atoms with E-state index in [1.807, 2.05) is 18.2 Å². The molecule has 6 heteroatoms. The second-order valence-corrected chi connectivity index (χ2v) is 4.78. The number of aryl methyl sites for hydroxylation is 1. The van der Waals surface area contributed by atoms with E-state index >= 15 is 0 Å². The summed E-state index contributed by atoms with van der Waals surface area (Å²) in [5.41, 5.74) is 0.246. The van der Waals surface area contributed by atoms with Crippen molar-refractivity contribution in [2.75, 3.05) is 4.90 Å². The average Bonchev–Trinajstić information content (AvgIpc) is 2.90. The van der Waals surface area contributed by atoms with Crippen LogP contribution < -0.4 is 4.90 Å². The minimum absolute atomic E-state index is 0.223. The molecule has 19 heavy (non-hydrogen) atoms. The van der Waals surface area contributed by atoms with Gasteiger partial charge in [-0.2, -0.15) is 10.4 Å². The van der Waals surface area contributed by atoms with Gasteiger partial charge >= 0.3 is 0 Å². The molecule has 0 spiro atoms. The number of hydrogen-bond donors (Lipinski definition) is 0. The van der Waals surface area contributed by atoms with Gasteiger partial charge in [0.25, 0.3) is 0 Å². The molecule has 1 aliphatic carbocycles. The quantitative estimate of drug-likeness (QED) is 0.548. The maximum Gasteiger partial charge on any atom is 0.239 e. The van der Waals surface area contributed by atoms with Gasteiger partial charge in [-0.15, -0.1) is 0 Å². The Balaban J connectivity index is 2.07. The van der Waals surface area contributed by atoms with Crippen LogP contribution in [0.1, 0.15) is 18.4 Å². The molecular weight excluding hydrogens is 244 g/mol. The van der Waals surface area contributed by atoms with Gasteiger partial charge in [-0.05, 0) is 12.8 Å². The first-order valence-electron chi connectivity index (χ1n) is 6.10. The number of hydrogen-bond acceptors (Lipinski definition) is 4. The van der Waals surface area contributed by atoms with E-state index in [0.29, 0.717) is 12.8 Å². The minimum Gasteiger partial charge on any atom is -0.274 e. The van der Waals surface area contributed by atoms with Gasteiger partial charge in [-0.25, -0.2) is 4.90 Å². The lowest BCUT2D eigenvalue weighted by Crippen LogP contribution is -2.33. The highest BCUT2D eigenvalue weighted by Crippen LogP contribution is 2.38. The lowest BCUT2D eigenvalue weighted by molar-refractivity contribution is -0.122. The van der Waals surface area contributed by atoms with E-state index in [-0.39, 0.29) is 35.0 Å². The van der Waals surface area contributed by atoms with E-state index < -0.39 is 0 Å². The number of fused-ring (bicyclic) bond motifs is 1. The van der Waals surface area contributed by atoms with Crippen LogP contribution >= 0.6 is 0 Å². The Morgan fingerprint density at radius 3 is 2.37 bits per heavy atom. The molecule has 0 bridgehead atoms. The molecule has 0 aromatic carbocycles. The molecule has 0 N–H and O–H groups in total. The van der Waals surface area contributed by atoms with Crippen LogP contribution in [0, 0.1) is 23.2 Å². The maximum atomic E-state index is 12.4. The van der Waals surface area contributed by atoms with Crippen molar-refractivity contribution >= 4 is 17.6 Å². The van der Waals surface area contributed by atoms with Gasteiger partial charge in [0.15, 0.2) is 5.82 Å². The number of nitriles is 1. The fourth-order valence-corrected chi connectivity index (χ4v) is 2.78. The van der Waals surface area contributed by atoms with Crippen molar-refractivity contribution in [3.63, 3.8) is 0 Å². The third-order valence-corrected chi connectivity index (χ3v) is 3.75. The number of aromatic nitrogens is 2. The molecule has 0 radical (unpaired) electrons. The van der Waals surface area contributed by atoms with Gasteiger partial charge in [0, 0.05) is 7.05 Å². The predicted octanol–water partition coefficient (Wildman–Crippen LogP) is 0.747.